The van der Waals surface area contributed by atoms with Crippen LogP contribution in [0.2, 0.25) is 0 Å². The fourth-order valence-corrected chi connectivity index (χ4v) is 6.83. The summed E-state index contributed by atoms with van der Waals surface area (Å²) in [6.07, 6.45) is 3.95. The summed E-state index contributed by atoms with van der Waals surface area (Å²) in [7, 11) is -4.21. The molecule has 6 nitrogen and oxygen atoms in total. The highest BCUT2D eigenvalue weighted by molar-refractivity contribution is 7.89. The topological polar surface area (TPSA) is 79.0 Å². The van der Waals surface area contributed by atoms with Crippen LogP contribution in [0.5, 0.6) is 0 Å². The smallest absolute Gasteiger partial charge is 0.237 e. The molecule has 3 aromatic rings. The fraction of sp³-hybridized carbons (Fsp3) is 0.308. The second kappa shape index (κ2) is 9.22. The Labute approximate surface area is 207 Å². The molecule has 5 rings (SSSR count). The van der Waals surface area contributed by atoms with Crippen molar-refractivity contribution < 1.29 is 21.6 Å². The van der Waals surface area contributed by atoms with Gasteiger partial charge in [-0.3, -0.25) is 0 Å². The summed E-state index contributed by atoms with van der Waals surface area (Å²) < 4.78 is 69.9. The molecule has 0 radical (unpaired) electrons. The first-order valence-electron chi connectivity index (χ1n) is 11.6. The molecule has 0 amide bonds. The molecule has 0 saturated carbocycles. The number of rotatable bonds is 6. The summed E-state index contributed by atoms with van der Waals surface area (Å²) in [6.45, 7) is 1.73. The molecule has 0 N–H and O–H groups in total. The zero-order valence-electron chi connectivity index (χ0n) is 19.5. The lowest BCUT2D eigenvalue weighted by Gasteiger charge is -2.30. The predicted molar refractivity (Wildman–Crippen MR) is 126 cm³/mol. The van der Waals surface area contributed by atoms with Crippen molar-refractivity contribution in [2.24, 2.45) is 5.92 Å². The average molecular weight is 513 g/mol. The molecule has 36 heavy (non-hydrogen) atoms. The van der Waals surface area contributed by atoms with Crippen LogP contribution in [-0.4, -0.2) is 35.6 Å². The van der Waals surface area contributed by atoms with E-state index in [4.69, 9.17) is 0 Å². The van der Waals surface area contributed by atoms with Crippen molar-refractivity contribution in [2.75, 3.05) is 13.1 Å². The summed E-state index contributed by atoms with van der Waals surface area (Å²) in [4.78, 5) is -0.386. The largest absolute Gasteiger partial charge is 0.244 e. The van der Waals surface area contributed by atoms with Gasteiger partial charge in [0.25, 0.3) is 0 Å². The van der Waals surface area contributed by atoms with Gasteiger partial charge >= 0.3 is 0 Å². The average Bonchev–Trinajstić information content (AvgIpc) is 3.46. The lowest BCUT2D eigenvalue weighted by molar-refractivity contribution is 0.382. The third kappa shape index (κ3) is 4.12. The van der Waals surface area contributed by atoms with E-state index in [1.165, 1.54) is 17.7 Å². The molecule has 186 valence electrons. The minimum Gasteiger partial charge on any atom is -0.237 e. The van der Waals surface area contributed by atoms with Crippen LogP contribution >= 0.6 is 0 Å². The van der Waals surface area contributed by atoms with Crippen molar-refractivity contribution in [3.8, 4) is 11.8 Å². The molecule has 0 spiro atoms. The standard InChI is InChI=1S/C26H23F3N4O2S/c1-16-22-14-31-33(20-6-4-19(27)5-7-20)25(22)12-17-2-3-18(26(16)17)15-32(11-10-30)36(34,35)21-8-9-23(28)24(29)13-21/h4-9,13-14,16,18H,2-3,11-12,15H2,1H3/t16-,18+/m0/s1. The normalized spacial score (nSPS) is 19.3. The summed E-state index contributed by atoms with van der Waals surface area (Å²) in [5.41, 5.74) is 5.17. The Balaban J connectivity index is 1.43. The molecule has 0 bridgehead atoms. The Morgan fingerprint density at radius 2 is 1.89 bits per heavy atom. The van der Waals surface area contributed by atoms with Gasteiger partial charge in [0.05, 0.1) is 28.5 Å². The second-order valence-corrected chi connectivity index (χ2v) is 11.1. The van der Waals surface area contributed by atoms with Crippen molar-refractivity contribution in [1.29, 1.82) is 5.26 Å². The number of hydrogen-bond donors (Lipinski definition) is 0. The van der Waals surface area contributed by atoms with Crippen LogP contribution < -0.4 is 0 Å². The fourth-order valence-electron chi connectivity index (χ4n) is 5.44. The summed E-state index contributed by atoms with van der Waals surface area (Å²) in [5, 5.41) is 13.9. The van der Waals surface area contributed by atoms with E-state index in [1.807, 2.05) is 10.8 Å². The zero-order chi connectivity index (χ0) is 25.6. The van der Waals surface area contributed by atoms with Crippen LogP contribution in [0.3, 0.4) is 0 Å². The van der Waals surface area contributed by atoms with E-state index >= 15 is 0 Å². The van der Waals surface area contributed by atoms with Crippen LogP contribution in [0.4, 0.5) is 13.2 Å². The van der Waals surface area contributed by atoms with Crippen LogP contribution in [0.15, 0.2) is 64.7 Å². The molecule has 2 atom stereocenters. The summed E-state index contributed by atoms with van der Waals surface area (Å²) in [5.74, 6) is -2.85. The molecule has 10 heteroatoms. The molecule has 2 aromatic carbocycles. The van der Waals surface area contributed by atoms with Gasteiger partial charge in [-0.25, -0.2) is 26.3 Å². The first-order valence-corrected chi connectivity index (χ1v) is 13.0. The Bertz CT molecular complexity index is 1510. The van der Waals surface area contributed by atoms with Gasteiger partial charge in [0.15, 0.2) is 11.6 Å². The zero-order valence-corrected chi connectivity index (χ0v) is 20.3. The number of halogens is 3. The van der Waals surface area contributed by atoms with E-state index in [0.29, 0.717) is 12.5 Å². The molecule has 2 aliphatic rings. The highest BCUT2D eigenvalue weighted by atomic mass is 32.2. The van der Waals surface area contributed by atoms with E-state index in [0.717, 1.165) is 51.8 Å². The van der Waals surface area contributed by atoms with Crippen LogP contribution in [0, 0.1) is 34.7 Å². The molecule has 1 aromatic heterocycles. The molecule has 0 saturated heterocycles. The predicted octanol–water partition coefficient (Wildman–Crippen LogP) is 4.87. The van der Waals surface area contributed by atoms with Gasteiger partial charge in [0, 0.05) is 24.4 Å². The Morgan fingerprint density at radius 3 is 2.58 bits per heavy atom. The third-order valence-electron chi connectivity index (χ3n) is 7.13. The number of nitrogens with zero attached hydrogens (tertiary/aromatic N) is 4. The van der Waals surface area contributed by atoms with E-state index in [9.17, 15) is 26.9 Å². The van der Waals surface area contributed by atoms with Crippen LogP contribution in [0.1, 0.15) is 36.9 Å². The second-order valence-electron chi connectivity index (χ2n) is 9.16. The minimum atomic E-state index is -4.21. The van der Waals surface area contributed by atoms with E-state index in [-0.39, 0.29) is 29.1 Å². The number of allylic oxidation sites excluding steroid dienone is 1. The summed E-state index contributed by atoms with van der Waals surface area (Å²) >= 11 is 0. The monoisotopic (exact) mass is 512 g/mol. The van der Waals surface area contributed by atoms with Crippen molar-refractivity contribution >= 4 is 10.0 Å². The van der Waals surface area contributed by atoms with Crippen molar-refractivity contribution in [2.45, 2.75) is 37.0 Å². The third-order valence-corrected chi connectivity index (χ3v) is 8.94. The van der Waals surface area contributed by atoms with Crippen molar-refractivity contribution in [3.63, 3.8) is 0 Å². The Morgan fingerprint density at radius 1 is 1.14 bits per heavy atom. The molecule has 0 aliphatic heterocycles. The SMILES string of the molecule is C[C@@H]1C2=C(CC[C@@H]2CN(CC#N)S(=O)(=O)c2ccc(F)c(F)c2)Cc2c1cnn2-c1ccc(F)cc1. The van der Waals surface area contributed by atoms with Gasteiger partial charge < -0.3 is 0 Å². The highest BCUT2D eigenvalue weighted by Gasteiger charge is 2.38. The lowest BCUT2D eigenvalue weighted by atomic mass is 9.80. The van der Waals surface area contributed by atoms with Gasteiger partial charge in [0.1, 0.15) is 12.4 Å². The molecular formula is C26H23F3N4O2S. The van der Waals surface area contributed by atoms with Gasteiger partial charge in [-0.1, -0.05) is 18.1 Å². The Kier molecular flexibility index (Phi) is 6.22. The van der Waals surface area contributed by atoms with Crippen molar-refractivity contribution in [1.82, 2.24) is 14.1 Å². The first-order chi connectivity index (χ1) is 17.2. The number of sulfonamides is 1. The van der Waals surface area contributed by atoms with Gasteiger partial charge in [-0.2, -0.15) is 14.7 Å². The van der Waals surface area contributed by atoms with Crippen LogP contribution in [-0.2, 0) is 16.4 Å². The molecule has 2 aliphatic carbocycles. The number of fused-ring (bicyclic) bond motifs is 1. The first kappa shape index (κ1) is 24.3. The Hall–Kier alpha value is -3.42. The lowest BCUT2D eigenvalue weighted by Crippen LogP contribution is -2.36. The van der Waals surface area contributed by atoms with Crippen molar-refractivity contribution in [3.05, 3.63) is 88.5 Å². The number of hydrogen-bond acceptors (Lipinski definition) is 4. The van der Waals surface area contributed by atoms with Gasteiger partial charge in [-0.05, 0) is 61.2 Å². The quantitative estimate of drug-likeness (QED) is 0.349. The molecule has 0 fully saturated rings. The minimum absolute atomic E-state index is 0.0136. The molecular weight excluding hydrogens is 489 g/mol. The highest BCUT2D eigenvalue weighted by Crippen LogP contribution is 2.47. The van der Waals surface area contributed by atoms with E-state index < -0.39 is 28.2 Å². The number of benzene rings is 2. The maximum atomic E-state index is 13.8. The number of nitriles is 1. The van der Waals surface area contributed by atoms with Gasteiger partial charge in [-0.15, -0.1) is 0 Å². The maximum Gasteiger partial charge on any atom is 0.244 e. The maximum absolute atomic E-state index is 13.8. The number of aromatic nitrogens is 2. The van der Waals surface area contributed by atoms with E-state index in [2.05, 4.69) is 12.0 Å². The summed E-state index contributed by atoms with van der Waals surface area (Å²) in [6, 6.07) is 10.5. The molecule has 0 unspecified atom stereocenters. The van der Waals surface area contributed by atoms with E-state index in [1.54, 1.807) is 18.3 Å². The molecule has 1 heterocycles. The van der Waals surface area contributed by atoms with Crippen LogP contribution in [0.25, 0.3) is 5.69 Å². The van der Waals surface area contributed by atoms with Gasteiger partial charge in [0.2, 0.25) is 10.0 Å².